The van der Waals surface area contributed by atoms with Crippen molar-refractivity contribution in [2.45, 2.75) is 71.4 Å². The lowest BCUT2D eigenvalue weighted by molar-refractivity contribution is 0.0541. The fourth-order valence-electron chi connectivity index (χ4n) is 2.58. The van der Waals surface area contributed by atoms with Crippen molar-refractivity contribution >= 4 is 0 Å². The Bertz CT molecular complexity index is 166. The smallest absolute Gasteiger partial charge is 0.0469 e. The van der Waals surface area contributed by atoms with Gasteiger partial charge in [0.15, 0.2) is 0 Å². The number of nitrogens with one attached hydrogen (secondary N) is 1. The van der Waals surface area contributed by atoms with Gasteiger partial charge >= 0.3 is 0 Å². The highest BCUT2D eigenvalue weighted by molar-refractivity contribution is 4.78. The van der Waals surface area contributed by atoms with Crippen molar-refractivity contribution in [3.63, 3.8) is 0 Å². The molecule has 0 amide bonds. The predicted molar refractivity (Wildman–Crippen MR) is 69.7 cm³/mol. The first-order valence-electron chi connectivity index (χ1n) is 7.11. The Morgan fingerprint density at radius 2 is 1.94 bits per heavy atom. The van der Waals surface area contributed by atoms with E-state index in [0.717, 1.165) is 25.2 Å². The number of rotatable bonds is 7. The van der Waals surface area contributed by atoms with Gasteiger partial charge in [-0.25, -0.2) is 0 Å². The number of hydrogen-bond donors (Lipinski definition) is 1. The molecule has 1 heterocycles. The Morgan fingerprint density at radius 1 is 1.25 bits per heavy atom. The zero-order chi connectivity index (χ0) is 11.8. The Kier molecular flexibility index (Phi) is 7.06. The summed E-state index contributed by atoms with van der Waals surface area (Å²) in [6, 6.07) is 1.38. The summed E-state index contributed by atoms with van der Waals surface area (Å²) in [6.07, 6.45) is 7.72. The molecular formula is C14H29NO. The van der Waals surface area contributed by atoms with Crippen LogP contribution in [0.25, 0.3) is 0 Å². The van der Waals surface area contributed by atoms with Crippen LogP contribution in [0, 0.1) is 5.92 Å². The van der Waals surface area contributed by atoms with Crippen molar-refractivity contribution in [1.82, 2.24) is 5.32 Å². The first-order chi connectivity index (χ1) is 7.77. The molecule has 0 saturated carbocycles. The molecule has 0 aromatic rings. The van der Waals surface area contributed by atoms with Crippen LogP contribution < -0.4 is 5.32 Å². The normalized spacial score (nSPS) is 21.9. The van der Waals surface area contributed by atoms with Crippen LogP contribution in [-0.2, 0) is 4.74 Å². The standard InChI is InChI=1S/C14H29NO/c1-4-6-7-14(5-2)15-12(3)13-8-10-16-11-9-13/h12-15H,4-11H2,1-3H3. The molecule has 16 heavy (non-hydrogen) atoms. The van der Waals surface area contributed by atoms with Crippen LogP contribution in [0.5, 0.6) is 0 Å². The molecule has 2 heteroatoms. The molecule has 1 saturated heterocycles. The zero-order valence-electron chi connectivity index (χ0n) is 11.3. The van der Waals surface area contributed by atoms with E-state index >= 15 is 0 Å². The number of ether oxygens (including phenoxy) is 1. The largest absolute Gasteiger partial charge is 0.381 e. The van der Waals surface area contributed by atoms with Crippen molar-refractivity contribution in [3.8, 4) is 0 Å². The third-order valence-electron chi connectivity index (χ3n) is 3.87. The van der Waals surface area contributed by atoms with Gasteiger partial charge in [0.1, 0.15) is 0 Å². The van der Waals surface area contributed by atoms with Crippen LogP contribution in [0.2, 0.25) is 0 Å². The average molecular weight is 227 g/mol. The van der Waals surface area contributed by atoms with Crippen molar-refractivity contribution in [2.75, 3.05) is 13.2 Å². The molecule has 0 spiro atoms. The molecule has 0 aromatic heterocycles. The summed E-state index contributed by atoms with van der Waals surface area (Å²) in [6.45, 7) is 8.84. The van der Waals surface area contributed by atoms with Crippen LogP contribution >= 0.6 is 0 Å². The quantitative estimate of drug-likeness (QED) is 0.720. The highest BCUT2D eigenvalue weighted by atomic mass is 16.5. The minimum absolute atomic E-state index is 0.658. The summed E-state index contributed by atoms with van der Waals surface area (Å²) in [4.78, 5) is 0. The van der Waals surface area contributed by atoms with E-state index in [1.807, 2.05) is 0 Å². The Hall–Kier alpha value is -0.0800. The van der Waals surface area contributed by atoms with E-state index in [1.54, 1.807) is 0 Å². The highest BCUT2D eigenvalue weighted by Gasteiger charge is 2.21. The lowest BCUT2D eigenvalue weighted by Gasteiger charge is -2.31. The first kappa shape index (κ1) is 14.0. The van der Waals surface area contributed by atoms with Crippen LogP contribution in [0.3, 0.4) is 0 Å². The molecule has 96 valence electrons. The third-order valence-corrected chi connectivity index (χ3v) is 3.87. The maximum atomic E-state index is 5.42. The second-order valence-corrected chi connectivity index (χ2v) is 5.15. The molecule has 1 aliphatic rings. The number of unbranched alkanes of at least 4 members (excludes halogenated alkanes) is 1. The van der Waals surface area contributed by atoms with Gasteiger partial charge in [-0.3, -0.25) is 0 Å². The fourth-order valence-corrected chi connectivity index (χ4v) is 2.58. The Balaban J connectivity index is 2.26. The van der Waals surface area contributed by atoms with Gasteiger partial charge in [-0.15, -0.1) is 0 Å². The molecule has 0 aromatic carbocycles. The monoisotopic (exact) mass is 227 g/mol. The van der Waals surface area contributed by atoms with Gasteiger partial charge in [0.2, 0.25) is 0 Å². The van der Waals surface area contributed by atoms with E-state index in [0.29, 0.717) is 6.04 Å². The molecule has 0 bridgehead atoms. The molecule has 1 aliphatic heterocycles. The van der Waals surface area contributed by atoms with Gasteiger partial charge in [-0.05, 0) is 38.5 Å². The van der Waals surface area contributed by atoms with Crippen molar-refractivity contribution < 1.29 is 4.74 Å². The molecule has 1 N–H and O–H groups in total. The summed E-state index contributed by atoms with van der Waals surface area (Å²) < 4.78 is 5.42. The SMILES string of the molecule is CCCCC(CC)NC(C)C1CCOCC1. The number of hydrogen-bond acceptors (Lipinski definition) is 2. The predicted octanol–water partition coefficient (Wildman–Crippen LogP) is 3.36. The van der Waals surface area contributed by atoms with Gasteiger partial charge in [0.25, 0.3) is 0 Å². The van der Waals surface area contributed by atoms with Crippen molar-refractivity contribution in [1.29, 1.82) is 0 Å². The maximum Gasteiger partial charge on any atom is 0.0469 e. The lowest BCUT2D eigenvalue weighted by Crippen LogP contribution is -2.42. The van der Waals surface area contributed by atoms with Crippen LogP contribution in [0.15, 0.2) is 0 Å². The van der Waals surface area contributed by atoms with Crippen LogP contribution in [0.4, 0.5) is 0 Å². The van der Waals surface area contributed by atoms with Crippen LogP contribution in [-0.4, -0.2) is 25.3 Å². The summed E-state index contributed by atoms with van der Waals surface area (Å²) in [5.41, 5.74) is 0. The summed E-state index contributed by atoms with van der Waals surface area (Å²) in [5, 5.41) is 3.82. The van der Waals surface area contributed by atoms with Gasteiger partial charge in [-0.1, -0.05) is 26.7 Å². The lowest BCUT2D eigenvalue weighted by atomic mass is 9.92. The highest BCUT2D eigenvalue weighted by Crippen LogP contribution is 2.19. The molecule has 1 fully saturated rings. The zero-order valence-corrected chi connectivity index (χ0v) is 11.3. The molecule has 2 atom stereocenters. The summed E-state index contributed by atoms with van der Waals surface area (Å²) in [5.74, 6) is 0.824. The molecule has 2 nitrogen and oxygen atoms in total. The van der Waals surface area contributed by atoms with E-state index in [4.69, 9.17) is 4.74 Å². The second-order valence-electron chi connectivity index (χ2n) is 5.15. The van der Waals surface area contributed by atoms with E-state index in [2.05, 4.69) is 26.1 Å². The fraction of sp³-hybridized carbons (Fsp3) is 1.00. The van der Waals surface area contributed by atoms with Gasteiger partial charge < -0.3 is 10.1 Å². The van der Waals surface area contributed by atoms with E-state index in [9.17, 15) is 0 Å². The molecule has 0 aliphatic carbocycles. The minimum atomic E-state index is 0.658. The molecule has 2 unspecified atom stereocenters. The molecule has 1 rings (SSSR count). The topological polar surface area (TPSA) is 21.3 Å². The average Bonchev–Trinajstić information content (AvgIpc) is 2.35. The van der Waals surface area contributed by atoms with Gasteiger partial charge in [-0.2, -0.15) is 0 Å². The van der Waals surface area contributed by atoms with Crippen LogP contribution in [0.1, 0.15) is 59.3 Å². The maximum absolute atomic E-state index is 5.42. The van der Waals surface area contributed by atoms with Gasteiger partial charge in [0, 0.05) is 25.3 Å². The second kappa shape index (κ2) is 8.08. The van der Waals surface area contributed by atoms with E-state index < -0.39 is 0 Å². The summed E-state index contributed by atoms with van der Waals surface area (Å²) >= 11 is 0. The molecular weight excluding hydrogens is 198 g/mol. The van der Waals surface area contributed by atoms with E-state index in [1.165, 1.54) is 38.5 Å². The van der Waals surface area contributed by atoms with E-state index in [-0.39, 0.29) is 0 Å². The first-order valence-corrected chi connectivity index (χ1v) is 7.11. The summed E-state index contributed by atoms with van der Waals surface area (Å²) in [7, 11) is 0. The Morgan fingerprint density at radius 3 is 2.50 bits per heavy atom. The third kappa shape index (κ3) is 4.84. The van der Waals surface area contributed by atoms with Crippen molar-refractivity contribution in [2.24, 2.45) is 5.92 Å². The minimum Gasteiger partial charge on any atom is -0.381 e. The Labute approximate surface area is 101 Å². The molecule has 0 radical (unpaired) electrons. The van der Waals surface area contributed by atoms with Gasteiger partial charge in [0.05, 0.1) is 0 Å². The van der Waals surface area contributed by atoms with Crippen molar-refractivity contribution in [3.05, 3.63) is 0 Å².